The molecule has 2 aliphatic heterocycles. The van der Waals surface area contributed by atoms with Crippen LogP contribution >= 0.6 is 0 Å². The Kier molecular flexibility index (Phi) is 4.07. The second kappa shape index (κ2) is 6.20. The van der Waals surface area contributed by atoms with E-state index in [1.54, 1.807) is 0 Å². The maximum absolute atomic E-state index is 13.1. The van der Waals surface area contributed by atoms with Gasteiger partial charge in [-0.3, -0.25) is 4.79 Å². The quantitative estimate of drug-likeness (QED) is 0.864. The highest BCUT2D eigenvalue weighted by atomic mass is 16.5. The summed E-state index contributed by atoms with van der Waals surface area (Å²) in [4.78, 5) is 15.0. The number of hydrogen-bond donors (Lipinski definition) is 1. The van der Waals surface area contributed by atoms with E-state index in [0.29, 0.717) is 19.0 Å². The number of aliphatic hydroxyl groups is 1. The van der Waals surface area contributed by atoms with Gasteiger partial charge in [0.05, 0.1) is 18.8 Å². The van der Waals surface area contributed by atoms with Crippen LogP contribution in [0, 0.1) is 5.92 Å². The van der Waals surface area contributed by atoms with Gasteiger partial charge in [0.1, 0.15) is 5.82 Å². The fraction of sp³-hybridized carbons (Fsp3) is 0.812. The lowest BCUT2D eigenvalue weighted by Gasteiger charge is -2.37. The normalized spacial score (nSPS) is 30.7. The van der Waals surface area contributed by atoms with Gasteiger partial charge >= 0.3 is 0 Å². The fourth-order valence-corrected chi connectivity index (χ4v) is 4.22. The van der Waals surface area contributed by atoms with Crippen molar-refractivity contribution in [2.45, 2.75) is 57.2 Å². The third-order valence-electron chi connectivity index (χ3n) is 5.45. The molecule has 7 heteroatoms. The predicted octanol–water partition coefficient (Wildman–Crippen LogP) is 0.616. The van der Waals surface area contributed by atoms with Gasteiger partial charge in [0.25, 0.3) is 5.91 Å². The number of carbonyl (C=O) groups excluding carboxylic acids is 1. The number of hydrogen-bond acceptors (Lipinski definition) is 5. The molecule has 3 atom stereocenters. The number of aromatic nitrogens is 3. The highest BCUT2D eigenvalue weighted by molar-refractivity contribution is 5.91. The molecule has 2 fully saturated rings. The number of morpholine rings is 1. The molecule has 1 aromatic heterocycles. The molecule has 0 radical (unpaired) electrons. The van der Waals surface area contributed by atoms with Crippen molar-refractivity contribution < 1.29 is 14.6 Å². The maximum atomic E-state index is 13.1. The van der Waals surface area contributed by atoms with Crippen molar-refractivity contribution in [1.29, 1.82) is 0 Å². The van der Waals surface area contributed by atoms with Crippen molar-refractivity contribution in [2.75, 3.05) is 19.8 Å². The van der Waals surface area contributed by atoms with Gasteiger partial charge in [0, 0.05) is 26.1 Å². The summed E-state index contributed by atoms with van der Waals surface area (Å²) in [5, 5.41) is 17.9. The SMILES string of the molecule is O=C(c1nnc2n1CCCCC2)N1CCOC2C[C@H](CO)C[C@@H]21. The molecule has 23 heavy (non-hydrogen) atoms. The number of aryl methyl sites for hydroxylation is 1. The Balaban J connectivity index is 1.58. The number of rotatable bonds is 2. The van der Waals surface area contributed by atoms with E-state index < -0.39 is 0 Å². The molecule has 0 spiro atoms. The summed E-state index contributed by atoms with van der Waals surface area (Å²) in [7, 11) is 0. The van der Waals surface area contributed by atoms with Crippen molar-refractivity contribution in [2.24, 2.45) is 5.92 Å². The third-order valence-corrected chi connectivity index (χ3v) is 5.45. The summed E-state index contributed by atoms with van der Waals surface area (Å²) >= 11 is 0. The number of carbonyl (C=O) groups is 1. The number of amides is 1. The summed E-state index contributed by atoms with van der Waals surface area (Å²) < 4.78 is 7.83. The first-order valence-electron chi connectivity index (χ1n) is 8.73. The van der Waals surface area contributed by atoms with Crippen LogP contribution in [0.1, 0.15) is 48.5 Å². The molecule has 7 nitrogen and oxygen atoms in total. The van der Waals surface area contributed by atoms with Crippen LogP contribution in [-0.2, 0) is 17.7 Å². The van der Waals surface area contributed by atoms with Gasteiger partial charge in [-0.15, -0.1) is 10.2 Å². The first kappa shape index (κ1) is 15.1. The molecule has 1 saturated heterocycles. The van der Waals surface area contributed by atoms with E-state index in [2.05, 4.69) is 10.2 Å². The molecular weight excluding hydrogens is 296 g/mol. The molecule has 4 rings (SSSR count). The molecule has 3 heterocycles. The van der Waals surface area contributed by atoms with E-state index in [9.17, 15) is 9.90 Å². The number of ether oxygens (including phenoxy) is 1. The average Bonchev–Trinajstić information content (AvgIpc) is 3.11. The van der Waals surface area contributed by atoms with E-state index >= 15 is 0 Å². The highest BCUT2D eigenvalue weighted by Crippen LogP contribution is 2.34. The molecule has 1 unspecified atom stereocenters. The maximum Gasteiger partial charge on any atom is 0.292 e. The molecule has 0 aromatic carbocycles. The molecule has 126 valence electrons. The van der Waals surface area contributed by atoms with Gasteiger partial charge in [0.2, 0.25) is 5.82 Å². The summed E-state index contributed by atoms with van der Waals surface area (Å²) in [6, 6.07) is 0.0622. The van der Waals surface area contributed by atoms with Gasteiger partial charge < -0.3 is 19.3 Å². The number of nitrogens with zero attached hydrogens (tertiary/aromatic N) is 4. The Labute approximate surface area is 135 Å². The minimum Gasteiger partial charge on any atom is -0.396 e. The minimum atomic E-state index is -0.0254. The molecule has 3 aliphatic rings. The van der Waals surface area contributed by atoms with Crippen molar-refractivity contribution in [3.8, 4) is 0 Å². The first-order valence-corrected chi connectivity index (χ1v) is 8.73. The Hall–Kier alpha value is -1.47. The van der Waals surface area contributed by atoms with Gasteiger partial charge in [-0.1, -0.05) is 6.42 Å². The second-order valence-electron chi connectivity index (χ2n) is 6.90. The van der Waals surface area contributed by atoms with Crippen LogP contribution in [0.25, 0.3) is 0 Å². The monoisotopic (exact) mass is 320 g/mol. The summed E-state index contributed by atoms with van der Waals surface area (Å²) in [5.74, 6) is 1.63. The Morgan fingerprint density at radius 2 is 2.13 bits per heavy atom. The summed E-state index contributed by atoms with van der Waals surface area (Å²) in [6.07, 6.45) is 5.98. The van der Waals surface area contributed by atoms with Crippen LogP contribution in [-0.4, -0.2) is 62.6 Å². The molecule has 1 amide bonds. The zero-order chi connectivity index (χ0) is 15.8. The molecule has 0 bridgehead atoms. The predicted molar refractivity (Wildman–Crippen MR) is 82.0 cm³/mol. The summed E-state index contributed by atoms with van der Waals surface area (Å²) in [6.45, 7) is 2.16. The van der Waals surface area contributed by atoms with Crippen LogP contribution in [0.15, 0.2) is 0 Å². The molecule has 1 saturated carbocycles. The van der Waals surface area contributed by atoms with Crippen LogP contribution in [0.4, 0.5) is 0 Å². The second-order valence-corrected chi connectivity index (χ2v) is 6.90. The highest BCUT2D eigenvalue weighted by Gasteiger charge is 2.43. The van der Waals surface area contributed by atoms with E-state index in [1.165, 1.54) is 6.42 Å². The van der Waals surface area contributed by atoms with Crippen molar-refractivity contribution >= 4 is 5.91 Å². The van der Waals surface area contributed by atoms with Gasteiger partial charge in [-0.25, -0.2) is 0 Å². The van der Waals surface area contributed by atoms with E-state index in [0.717, 1.165) is 44.5 Å². The Bertz CT molecular complexity index is 588. The zero-order valence-corrected chi connectivity index (χ0v) is 13.4. The van der Waals surface area contributed by atoms with Crippen LogP contribution in [0.3, 0.4) is 0 Å². The first-order chi connectivity index (χ1) is 11.3. The molecular formula is C16H24N4O3. The van der Waals surface area contributed by atoms with E-state index in [-0.39, 0.29) is 30.6 Å². The zero-order valence-electron chi connectivity index (χ0n) is 13.4. The topological polar surface area (TPSA) is 80.5 Å². The largest absolute Gasteiger partial charge is 0.396 e. The molecule has 1 aliphatic carbocycles. The van der Waals surface area contributed by atoms with Crippen molar-refractivity contribution in [3.63, 3.8) is 0 Å². The fourth-order valence-electron chi connectivity index (χ4n) is 4.22. The van der Waals surface area contributed by atoms with E-state index in [1.807, 2.05) is 9.47 Å². The smallest absolute Gasteiger partial charge is 0.292 e. The molecule has 1 aromatic rings. The van der Waals surface area contributed by atoms with Crippen LogP contribution < -0.4 is 0 Å². The Morgan fingerprint density at radius 3 is 3.00 bits per heavy atom. The van der Waals surface area contributed by atoms with E-state index in [4.69, 9.17) is 4.74 Å². The lowest BCUT2D eigenvalue weighted by molar-refractivity contribution is -0.0454. The van der Waals surface area contributed by atoms with Crippen LogP contribution in [0.2, 0.25) is 0 Å². The standard InChI is InChI=1S/C16H24N4O3/c21-10-11-8-12-13(9-11)23-7-6-19(12)16(22)15-18-17-14-4-2-1-3-5-20(14)15/h11-13,21H,1-10H2/t11-,12+,13?/m1/s1. The summed E-state index contributed by atoms with van der Waals surface area (Å²) in [5.41, 5.74) is 0. The van der Waals surface area contributed by atoms with Gasteiger partial charge in [0.15, 0.2) is 0 Å². The van der Waals surface area contributed by atoms with Crippen molar-refractivity contribution in [1.82, 2.24) is 19.7 Å². The van der Waals surface area contributed by atoms with Gasteiger partial charge in [-0.2, -0.15) is 0 Å². The third kappa shape index (κ3) is 2.65. The van der Waals surface area contributed by atoms with Crippen LogP contribution in [0.5, 0.6) is 0 Å². The Morgan fingerprint density at radius 1 is 1.22 bits per heavy atom. The molecule has 1 N–H and O–H groups in total. The van der Waals surface area contributed by atoms with Crippen molar-refractivity contribution in [3.05, 3.63) is 11.6 Å². The van der Waals surface area contributed by atoms with Gasteiger partial charge in [-0.05, 0) is 31.6 Å². The minimum absolute atomic E-state index is 0.0254. The average molecular weight is 320 g/mol. The number of fused-ring (bicyclic) bond motifs is 2. The lowest BCUT2D eigenvalue weighted by Crippen LogP contribution is -2.51. The number of aliphatic hydroxyl groups excluding tert-OH is 1. The lowest BCUT2D eigenvalue weighted by atomic mass is 10.1.